The van der Waals surface area contributed by atoms with Gasteiger partial charge in [0, 0.05) is 23.5 Å². The SMILES string of the molecule is Cc1ccc(-c2noc(C(C)(C)Sc3nnc(-c4ccncc4)n3-c3ccccc3C)n2)cc1. The van der Waals surface area contributed by atoms with Crippen molar-refractivity contribution in [3.63, 3.8) is 0 Å². The van der Waals surface area contributed by atoms with Gasteiger partial charge < -0.3 is 4.52 Å². The Hall–Kier alpha value is -3.78. The summed E-state index contributed by atoms with van der Waals surface area (Å²) in [7, 11) is 0. The van der Waals surface area contributed by atoms with E-state index in [1.807, 2.05) is 62.4 Å². The minimum absolute atomic E-state index is 0.526. The van der Waals surface area contributed by atoms with Crippen LogP contribution in [-0.2, 0) is 4.75 Å². The highest BCUT2D eigenvalue weighted by Crippen LogP contribution is 2.42. The molecule has 0 N–H and O–H groups in total. The van der Waals surface area contributed by atoms with Crippen LogP contribution >= 0.6 is 11.8 Å². The average molecular weight is 469 g/mol. The molecule has 5 aromatic rings. The van der Waals surface area contributed by atoms with E-state index in [0.717, 1.165) is 33.4 Å². The van der Waals surface area contributed by atoms with Gasteiger partial charge in [-0.25, -0.2) is 0 Å². The first-order valence-corrected chi connectivity index (χ1v) is 11.8. The first kappa shape index (κ1) is 22.0. The molecule has 5 rings (SSSR count). The molecule has 0 saturated carbocycles. The lowest BCUT2D eigenvalue weighted by Crippen LogP contribution is -2.14. The summed E-state index contributed by atoms with van der Waals surface area (Å²) in [6, 6.07) is 20.1. The Morgan fingerprint density at radius 3 is 2.32 bits per heavy atom. The molecular weight excluding hydrogens is 444 g/mol. The van der Waals surface area contributed by atoms with Gasteiger partial charge in [-0.1, -0.05) is 64.9 Å². The third-order valence-electron chi connectivity index (χ3n) is 5.53. The van der Waals surface area contributed by atoms with E-state index in [4.69, 9.17) is 9.51 Å². The second-order valence-corrected chi connectivity index (χ2v) is 10.2. The Morgan fingerprint density at radius 1 is 0.853 bits per heavy atom. The van der Waals surface area contributed by atoms with Crippen molar-refractivity contribution in [2.24, 2.45) is 0 Å². The van der Waals surface area contributed by atoms with Crippen LogP contribution in [0.15, 0.2) is 82.7 Å². The maximum absolute atomic E-state index is 5.70. The van der Waals surface area contributed by atoms with Crippen molar-refractivity contribution in [1.29, 1.82) is 0 Å². The Balaban J connectivity index is 1.54. The van der Waals surface area contributed by atoms with Crippen LogP contribution in [0.1, 0.15) is 30.9 Å². The molecule has 0 unspecified atom stereocenters. The maximum Gasteiger partial charge on any atom is 0.243 e. The number of hydrogen-bond donors (Lipinski definition) is 0. The summed E-state index contributed by atoms with van der Waals surface area (Å²) in [6.07, 6.45) is 3.52. The van der Waals surface area contributed by atoms with Crippen molar-refractivity contribution >= 4 is 11.8 Å². The fourth-order valence-electron chi connectivity index (χ4n) is 3.62. The number of hydrogen-bond acceptors (Lipinski definition) is 7. The molecular formula is C26H24N6OS. The first-order chi connectivity index (χ1) is 16.4. The summed E-state index contributed by atoms with van der Waals surface area (Å²) in [6.45, 7) is 8.23. The molecule has 0 radical (unpaired) electrons. The van der Waals surface area contributed by atoms with E-state index in [2.05, 4.69) is 50.9 Å². The van der Waals surface area contributed by atoms with Crippen LogP contribution in [-0.4, -0.2) is 29.9 Å². The molecule has 0 aliphatic rings. The molecule has 0 bridgehead atoms. The van der Waals surface area contributed by atoms with Crippen LogP contribution in [0, 0.1) is 13.8 Å². The monoisotopic (exact) mass is 468 g/mol. The minimum Gasteiger partial charge on any atom is -0.337 e. The van der Waals surface area contributed by atoms with Gasteiger partial charge in [0.15, 0.2) is 11.0 Å². The molecule has 3 aromatic heterocycles. The van der Waals surface area contributed by atoms with Crippen LogP contribution < -0.4 is 0 Å². The zero-order valence-corrected chi connectivity index (χ0v) is 20.2. The van der Waals surface area contributed by atoms with E-state index >= 15 is 0 Å². The molecule has 170 valence electrons. The number of aromatic nitrogens is 6. The van der Waals surface area contributed by atoms with Gasteiger partial charge in [-0.15, -0.1) is 10.2 Å². The molecule has 8 heteroatoms. The third kappa shape index (κ3) is 4.24. The van der Waals surface area contributed by atoms with Crippen molar-refractivity contribution in [2.45, 2.75) is 37.6 Å². The zero-order chi connectivity index (χ0) is 23.7. The smallest absolute Gasteiger partial charge is 0.243 e. The highest BCUT2D eigenvalue weighted by Gasteiger charge is 2.33. The quantitative estimate of drug-likeness (QED) is 0.282. The van der Waals surface area contributed by atoms with Crippen molar-refractivity contribution in [3.05, 3.63) is 90.1 Å². The number of benzene rings is 2. The van der Waals surface area contributed by atoms with E-state index in [-0.39, 0.29) is 0 Å². The number of nitrogens with zero attached hydrogens (tertiary/aromatic N) is 6. The van der Waals surface area contributed by atoms with Gasteiger partial charge in [0.25, 0.3) is 0 Å². The lowest BCUT2D eigenvalue weighted by Gasteiger charge is -2.20. The molecule has 0 amide bonds. The van der Waals surface area contributed by atoms with E-state index in [9.17, 15) is 0 Å². The highest BCUT2D eigenvalue weighted by atomic mass is 32.2. The van der Waals surface area contributed by atoms with Gasteiger partial charge in [-0.2, -0.15) is 4.98 Å². The normalized spacial score (nSPS) is 11.6. The van der Waals surface area contributed by atoms with Gasteiger partial charge in [0.1, 0.15) is 0 Å². The molecule has 0 fully saturated rings. The van der Waals surface area contributed by atoms with Gasteiger partial charge in [0.05, 0.1) is 10.4 Å². The Bertz CT molecular complexity index is 1420. The van der Waals surface area contributed by atoms with E-state index in [1.165, 1.54) is 17.3 Å². The molecule has 0 saturated heterocycles. The van der Waals surface area contributed by atoms with Gasteiger partial charge >= 0.3 is 0 Å². The van der Waals surface area contributed by atoms with Gasteiger partial charge in [0.2, 0.25) is 11.7 Å². The molecule has 2 aromatic carbocycles. The molecule has 0 spiro atoms. The van der Waals surface area contributed by atoms with Gasteiger partial charge in [-0.05, 0) is 51.5 Å². The number of aryl methyl sites for hydroxylation is 2. The number of para-hydroxylation sites is 1. The summed E-state index contributed by atoms with van der Waals surface area (Å²) >= 11 is 1.53. The van der Waals surface area contributed by atoms with Gasteiger partial charge in [-0.3, -0.25) is 9.55 Å². The van der Waals surface area contributed by atoms with Crippen molar-refractivity contribution < 1.29 is 4.52 Å². The molecule has 7 nitrogen and oxygen atoms in total. The predicted octanol–water partition coefficient (Wildman–Crippen LogP) is 6.02. The molecule has 0 aliphatic heterocycles. The average Bonchev–Trinajstić information content (AvgIpc) is 3.49. The second kappa shape index (κ2) is 8.87. The summed E-state index contributed by atoms with van der Waals surface area (Å²) < 4.78 is 7.23. The lowest BCUT2D eigenvalue weighted by molar-refractivity contribution is 0.354. The zero-order valence-electron chi connectivity index (χ0n) is 19.4. The maximum atomic E-state index is 5.70. The summed E-state index contributed by atoms with van der Waals surface area (Å²) in [5.41, 5.74) is 5.18. The fraction of sp³-hybridized carbons (Fsp3) is 0.192. The predicted molar refractivity (Wildman–Crippen MR) is 133 cm³/mol. The highest BCUT2D eigenvalue weighted by molar-refractivity contribution is 8.00. The molecule has 0 atom stereocenters. The van der Waals surface area contributed by atoms with E-state index in [1.54, 1.807) is 12.4 Å². The number of rotatable bonds is 6. The standard InChI is InChI=1S/C26H24N6OS/c1-17-9-11-19(12-10-17)22-28-24(33-31-22)26(3,4)34-25-30-29-23(20-13-15-27-16-14-20)32(25)21-8-6-5-7-18(21)2/h5-16H,1-4H3. The second-order valence-electron chi connectivity index (χ2n) is 8.57. The van der Waals surface area contributed by atoms with Crippen LogP contribution in [0.2, 0.25) is 0 Å². The van der Waals surface area contributed by atoms with Crippen molar-refractivity contribution in [1.82, 2.24) is 29.9 Å². The molecule has 34 heavy (non-hydrogen) atoms. The van der Waals surface area contributed by atoms with Crippen LogP contribution in [0.25, 0.3) is 28.5 Å². The fourth-order valence-corrected chi connectivity index (χ4v) is 4.60. The van der Waals surface area contributed by atoms with Crippen LogP contribution in [0.5, 0.6) is 0 Å². The van der Waals surface area contributed by atoms with Crippen LogP contribution in [0.3, 0.4) is 0 Å². The van der Waals surface area contributed by atoms with E-state index in [0.29, 0.717) is 11.7 Å². The molecule has 3 heterocycles. The Morgan fingerprint density at radius 2 is 1.59 bits per heavy atom. The summed E-state index contributed by atoms with van der Waals surface area (Å²) in [4.78, 5) is 8.84. The number of thioether (sulfide) groups is 1. The lowest BCUT2D eigenvalue weighted by atomic mass is 10.1. The Labute approximate surface area is 202 Å². The largest absolute Gasteiger partial charge is 0.337 e. The minimum atomic E-state index is -0.543. The molecule has 0 aliphatic carbocycles. The Kier molecular flexibility index (Phi) is 5.75. The van der Waals surface area contributed by atoms with Crippen LogP contribution in [0.4, 0.5) is 0 Å². The number of pyridine rings is 1. The van der Waals surface area contributed by atoms with E-state index < -0.39 is 4.75 Å². The summed E-state index contributed by atoms with van der Waals surface area (Å²) in [5.74, 6) is 1.85. The summed E-state index contributed by atoms with van der Waals surface area (Å²) in [5, 5.41) is 14.1. The first-order valence-electron chi connectivity index (χ1n) is 10.9. The van der Waals surface area contributed by atoms with Crippen molar-refractivity contribution in [2.75, 3.05) is 0 Å². The topological polar surface area (TPSA) is 82.5 Å². The third-order valence-corrected chi connectivity index (χ3v) is 6.66. The van der Waals surface area contributed by atoms with Crippen molar-refractivity contribution in [3.8, 4) is 28.5 Å².